The first-order chi connectivity index (χ1) is 30.2. The Labute approximate surface area is 353 Å². The molecule has 0 amide bonds. The van der Waals surface area contributed by atoms with Crippen LogP contribution in [0.3, 0.4) is 0 Å². The van der Waals surface area contributed by atoms with Gasteiger partial charge in [0.2, 0.25) is 0 Å². The van der Waals surface area contributed by atoms with E-state index in [-0.39, 0.29) is 0 Å². The molecule has 0 N–H and O–H groups in total. The molecule has 0 aliphatic carbocycles. The first kappa shape index (κ1) is 35.8. The monoisotopic (exact) mass is 780 g/mol. The Balaban J connectivity index is 1.06. The Morgan fingerprint density at radius 1 is 0.246 bits per heavy atom. The largest absolute Gasteiger partial charge is 0.309 e. The highest BCUT2D eigenvalue weighted by Crippen LogP contribution is 2.39. The predicted octanol–water partition coefficient (Wildman–Crippen LogP) is 13.4. The SMILES string of the molecule is c1ccc(-n2c3ccncc3c3cc(-c4cc(-c5cccc(-c6cncc(-c7ccncc7)c6)c5)cc(-c5cccc(-c6cncc(-c7ccncc7)c6)c5)c4)ccc32)cc1. The van der Waals surface area contributed by atoms with Crippen LogP contribution < -0.4 is 0 Å². The van der Waals surface area contributed by atoms with E-state index in [1.165, 1.54) is 0 Å². The van der Waals surface area contributed by atoms with Crippen LogP contribution in [0.25, 0.3) is 105 Å². The van der Waals surface area contributed by atoms with Gasteiger partial charge in [0.15, 0.2) is 0 Å². The molecule has 6 nitrogen and oxygen atoms in total. The van der Waals surface area contributed by atoms with E-state index in [4.69, 9.17) is 0 Å². The zero-order valence-corrected chi connectivity index (χ0v) is 33.0. The Hall–Kier alpha value is -8.35. The van der Waals surface area contributed by atoms with Crippen LogP contribution in [-0.2, 0) is 0 Å². The lowest BCUT2D eigenvalue weighted by atomic mass is 9.91. The minimum Gasteiger partial charge on any atom is -0.309 e. The van der Waals surface area contributed by atoms with E-state index in [9.17, 15) is 0 Å². The van der Waals surface area contributed by atoms with Crippen LogP contribution in [0.1, 0.15) is 0 Å². The summed E-state index contributed by atoms with van der Waals surface area (Å²) in [5.74, 6) is 0. The van der Waals surface area contributed by atoms with Gasteiger partial charge in [0, 0.05) is 101 Å². The maximum absolute atomic E-state index is 4.64. The minimum atomic E-state index is 1.05. The number of nitrogens with zero attached hydrogens (tertiary/aromatic N) is 6. The highest BCUT2D eigenvalue weighted by Gasteiger charge is 2.16. The van der Waals surface area contributed by atoms with Crippen molar-refractivity contribution in [2.75, 3.05) is 0 Å². The zero-order valence-electron chi connectivity index (χ0n) is 33.0. The molecule has 0 atom stereocenters. The molecular formula is C55H36N6. The summed E-state index contributed by atoms with van der Waals surface area (Å²) in [6.45, 7) is 0. The number of pyridine rings is 5. The van der Waals surface area contributed by atoms with Crippen molar-refractivity contribution in [1.82, 2.24) is 29.5 Å². The highest BCUT2D eigenvalue weighted by molar-refractivity contribution is 6.10. The summed E-state index contributed by atoms with van der Waals surface area (Å²) in [7, 11) is 0. The van der Waals surface area contributed by atoms with Crippen molar-refractivity contribution < 1.29 is 0 Å². The summed E-state index contributed by atoms with van der Waals surface area (Å²) in [6.07, 6.45) is 18.8. The van der Waals surface area contributed by atoms with Gasteiger partial charge in [0.1, 0.15) is 0 Å². The maximum atomic E-state index is 4.64. The summed E-state index contributed by atoms with van der Waals surface area (Å²) in [4.78, 5) is 22.2. The number of benzene rings is 5. The highest BCUT2D eigenvalue weighted by atomic mass is 15.0. The van der Waals surface area contributed by atoms with Crippen molar-refractivity contribution in [2.24, 2.45) is 0 Å². The summed E-state index contributed by atoms with van der Waals surface area (Å²) in [5, 5.41) is 2.27. The molecule has 0 aliphatic rings. The molecule has 286 valence electrons. The topological polar surface area (TPSA) is 69.4 Å². The molecule has 0 bridgehead atoms. The molecule has 61 heavy (non-hydrogen) atoms. The van der Waals surface area contributed by atoms with Gasteiger partial charge in [-0.15, -0.1) is 0 Å². The molecule has 0 fully saturated rings. The zero-order chi connectivity index (χ0) is 40.5. The third-order valence-corrected chi connectivity index (χ3v) is 11.4. The fraction of sp³-hybridized carbons (Fsp3) is 0. The molecule has 0 spiro atoms. The summed E-state index contributed by atoms with van der Waals surface area (Å²) >= 11 is 0. The van der Waals surface area contributed by atoms with Crippen molar-refractivity contribution in [3.8, 4) is 83.6 Å². The molecule has 0 radical (unpaired) electrons. The Morgan fingerprint density at radius 3 is 1.21 bits per heavy atom. The van der Waals surface area contributed by atoms with Crippen molar-refractivity contribution in [1.29, 1.82) is 0 Å². The van der Waals surface area contributed by atoms with E-state index in [1.807, 2.05) is 86.2 Å². The molecule has 0 saturated carbocycles. The van der Waals surface area contributed by atoms with E-state index in [2.05, 4.69) is 163 Å². The van der Waals surface area contributed by atoms with E-state index in [0.29, 0.717) is 0 Å². The fourth-order valence-electron chi connectivity index (χ4n) is 8.39. The molecule has 0 unspecified atom stereocenters. The van der Waals surface area contributed by atoms with Gasteiger partial charge in [-0.25, -0.2) is 0 Å². The molecule has 5 aromatic carbocycles. The summed E-state index contributed by atoms with van der Waals surface area (Å²) in [5.41, 5.74) is 18.7. The number of para-hydroxylation sites is 1. The standard InChI is InChI=1S/C55H36N6/c1-2-10-51(11-3-1)61-54-13-12-43(31-52(54)53-36-58-23-18-55(53)61)46-27-44(39-6-4-8-41(24-39)49-29-47(32-59-34-49)37-14-19-56-20-15-37)26-45(28-46)40-7-5-9-42(25-40)50-30-48(33-60-35-50)38-16-21-57-22-17-38/h1-36H. The first-order valence-electron chi connectivity index (χ1n) is 20.2. The van der Waals surface area contributed by atoms with Crippen molar-refractivity contribution in [3.63, 3.8) is 0 Å². The number of fused-ring (bicyclic) bond motifs is 3. The van der Waals surface area contributed by atoms with Gasteiger partial charge in [-0.1, -0.05) is 60.7 Å². The molecular weight excluding hydrogens is 745 g/mol. The number of hydrogen-bond acceptors (Lipinski definition) is 5. The molecule has 0 saturated heterocycles. The molecule has 0 aliphatic heterocycles. The average Bonchev–Trinajstić information content (AvgIpc) is 3.68. The quantitative estimate of drug-likeness (QED) is 0.154. The lowest BCUT2D eigenvalue weighted by Gasteiger charge is -2.14. The van der Waals surface area contributed by atoms with Gasteiger partial charge >= 0.3 is 0 Å². The second kappa shape index (κ2) is 15.4. The van der Waals surface area contributed by atoms with Crippen LogP contribution in [0.2, 0.25) is 0 Å². The smallest absolute Gasteiger partial charge is 0.0571 e. The van der Waals surface area contributed by atoms with Crippen LogP contribution in [0.4, 0.5) is 0 Å². The van der Waals surface area contributed by atoms with E-state index < -0.39 is 0 Å². The molecule has 6 heterocycles. The van der Waals surface area contributed by atoms with Gasteiger partial charge in [-0.2, -0.15) is 0 Å². The second-order valence-corrected chi connectivity index (χ2v) is 15.2. The van der Waals surface area contributed by atoms with Crippen molar-refractivity contribution >= 4 is 21.8 Å². The molecule has 6 aromatic heterocycles. The van der Waals surface area contributed by atoms with Crippen LogP contribution in [0.15, 0.2) is 220 Å². The third-order valence-electron chi connectivity index (χ3n) is 11.4. The van der Waals surface area contributed by atoms with Crippen molar-refractivity contribution in [3.05, 3.63) is 220 Å². The van der Waals surface area contributed by atoms with Crippen LogP contribution in [0.5, 0.6) is 0 Å². The van der Waals surface area contributed by atoms with Gasteiger partial charge in [-0.05, 0) is 153 Å². The molecule has 6 heteroatoms. The molecule has 11 aromatic rings. The summed E-state index contributed by atoms with van der Waals surface area (Å²) < 4.78 is 2.33. The Bertz CT molecular complexity index is 3220. The van der Waals surface area contributed by atoms with Gasteiger partial charge < -0.3 is 4.57 Å². The summed E-state index contributed by atoms with van der Waals surface area (Å²) in [6, 6.07) is 56.4. The number of hydrogen-bond donors (Lipinski definition) is 0. The van der Waals surface area contributed by atoms with E-state index >= 15 is 0 Å². The number of rotatable bonds is 8. The normalized spacial score (nSPS) is 11.3. The van der Waals surface area contributed by atoms with Gasteiger partial charge in [0.05, 0.1) is 11.0 Å². The first-order valence-corrected chi connectivity index (χ1v) is 20.2. The predicted molar refractivity (Wildman–Crippen MR) is 248 cm³/mol. The lowest BCUT2D eigenvalue weighted by Crippen LogP contribution is -1.93. The average molecular weight is 781 g/mol. The minimum absolute atomic E-state index is 1.05. The van der Waals surface area contributed by atoms with Crippen LogP contribution >= 0.6 is 0 Å². The Kier molecular flexibility index (Phi) is 9.06. The van der Waals surface area contributed by atoms with E-state index in [1.54, 1.807) is 0 Å². The molecule has 11 rings (SSSR count). The lowest BCUT2D eigenvalue weighted by molar-refractivity contribution is 1.17. The second-order valence-electron chi connectivity index (χ2n) is 15.2. The third kappa shape index (κ3) is 6.92. The van der Waals surface area contributed by atoms with Crippen molar-refractivity contribution in [2.45, 2.75) is 0 Å². The maximum Gasteiger partial charge on any atom is 0.0571 e. The Morgan fingerprint density at radius 2 is 0.672 bits per heavy atom. The van der Waals surface area contributed by atoms with Gasteiger partial charge in [-0.3, -0.25) is 24.9 Å². The number of aromatic nitrogens is 6. The van der Waals surface area contributed by atoms with Crippen LogP contribution in [0, 0.1) is 0 Å². The van der Waals surface area contributed by atoms with E-state index in [0.717, 1.165) is 105 Å². The fourth-order valence-corrected chi connectivity index (χ4v) is 8.39. The van der Waals surface area contributed by atoms with Gasteiger partial charge in [0.25, 0.3) is 0 Å². The van der Waals surface area contributed by atoms with Crippen LogP contribution in [-0.4, -0.2) is 29.5 Å².